The van der Waals surface area contributed by atoms with Crippen LogP contribution in [0.3, 0.4) is 0 Å². The Balaban J connectivity index is 1.36. The van der Waals surface area contributed by atoms with Gasteiger partial charge < -0.3 is 24.7 Å². The summed E-state index contributed by atoms with van der Waals surface area (Å²) in [6, 6.07) is 8.64. The van der Waals surface area contributed by atoms with Crippen LogP contribution in [0.4, 0.5) is 25.2 Å². The van der Waals surface area contributed by atoms with Gasteiger partial charge in [0.25, 0.3) is 0 Å². The zero-order valence-corrected chi connectivity index (χ0v) is 26.8. The Morgan fingerprint density at radius 3 is 2.38 bits per heavy atom. The lowest BCUT2D eigenvalue weighted by atomic mass is 10.1. The molecular formula is C30H37F2N7O5S. The zero-order chi connectivity index (χ0) is 32.9. The average Bonchev–Trinajstić information content (AvgIpc) is 3.29. The molecule has 12 nitrogen and oxygen atoms in total. The van der Waals surface area contributed by atoms with Gasteiger partial charge in [0.2, 0.25) is 16.0 Å². The SMILES string of the molecule is Cc1nc2c(F)cc(-c3nc(Nc4ccc(S(=O)(=O)NCCOCCNC(=O)OC(C)(C)C)cc4)ncc3F)cc2n1C(C)C. The molecule has 0 aliphatic heterocycles. The second-order valence-electron chi connectivity index (χ2n) is 11.4. The molecule has 15 heteroatoms. The van der Waals surface area contributed by atoms with Crippen LogP contribution in [0.2, 0.25) is 0 Å². The van der Waals surface area contributed by atoms with E-state index < -0.39 is 33.4 Å². The summed E-state index contributed by atoms with van der Waals surface area (Å²) in [5.74, 6) is -0.653. The van der Waals surface area contributed by atoms with E-state index in [1.54, 1.807) is 33.8 Å². The van der Waals surface area contributed by atoms with Crippen molar-refractivity contribution >= 4 is 38.8 Å². The molecule has 0 aliphatic carbocycles. The van der Waals surface area contributed by atoms with Gasteiger partial charge in [-0.3, -0.25) is 0 Å². The van der Waals surface area contributed by atoms with Crippen LogP contribution in [0.5, 0.6) is 0 Å². The van der Waals surface area contributed by atoms with Crippen molar-refractivity contribution in [3.8, 4) is 11.3 Å². The molecule has 3 N–H and O–H groups in total. The number of hydrogen-bond acceptors (Lipinski definition) is 9. The maximum Gasteiger partial charge on any atom is 0.407 e. The molecule has 0 bridgehead atoms. The van der Waals surface area contributed by atoms with Gasteiger partial charge in [-0.05, 0) is 77.9 Å². The quantitative estimate of drug-likeness (QED) is 0.176. The number of fused-ring (bicyclic) bond motifs is 1. The van der Waals surface area contributed by atoms with Gasteiger partial charge in [0.05, 0.1) is 29.8 Å². The fourth-order valence-corrected chi connectivity index (χ4v) is 5.52. The van der Waals surface area contributed by atoms with E-state index in [2.05, 4.69) is 30.3 Å². The molecule has 2 heterocycles. The van der Waals surface area contributed by atoms with Crippen molar-refractivity contribution in [3.05, 3.63) is 60.1 Å². The fourth-order valence-electron chi connectivity index (χ4n) is 4.51. The molecule has 4 aromatic rings. The van der Waals surface area contributed by atoms with Gasteiger partial charge >= 0.3 is 6.09 Å². The number of anilines is 2. The minimum atomic E-state index is -3.83. The summed E-state index contributed by atoms with van der Waals surface area (Å²) in [6.07, 6.45) is 0.422. The first kappa shape index (κ1) is 33.7. The summed E-state index contributed by atoms with van der Waals surface area (Å²) < 4.78 is 70.0. The van der Waals surface area contributed by atoms with Gasteiger partial charge in [-0.1, -0.05) is 0 Å². The zero-order valence-electron chi connectivity index (χ0n) is 25.9. The number of halogens is 2. The number of alkyl carbamates (subject to hydrolysis) is 1. The molecule has 1 amide bonds. The monoisotopic (exact) mass is 645 g/mol. The number of carbonyl (C=O) groups excluding carboxylic acids is 1. The van der Waals surface area contributed by atoms with E-state index >= 15 is 0 Å². The number of nitrogens with one attached hydrogen (secondary N) is 3. The first-order valence-electron chi connectivity index (χ1n) is 14.3. The molecule has 0 fully saturated rings. The maximum absolute atomic E-state index is 15.0. The highest BCUT2D eigenvalue weighted by Gasteiger charge is 2.19. The van der Waals surface area contributed by atoms with Crippen LogP contribution in [-0.2, 0) is 19.5 Å². The number of benzene rings is 2. The molecule has 0 aliphatic rings. The van der Waals surface area contributed by atoms with Crippen LogP contribution < -0.4 is 15.4 Å². The molecule has 0 radical (unpaired) electrons. The second-order valence-corrected chi connectivity index (χ2v) is 13.2. The molecule has 45 heavy (non-hydrogen) atoms. The van der Waals surface area contributed by atoms with Crippen molar-refractivity contribution in [1.29, 1.82) is 0 Å². The summed E-state index contributed by atoms with van der Waals surface area (Å²) >= 11 is 0. The molecule has 0 saturated carbocycles. The van der Waals surface area contributed by atoms with E-state index in [4.69, 9.17) is 9.47 Å². The third kappa shape index (κ3) is 8.71. The van der Waals surface area contributed by atoms with Gasteiger partial charge in [-0.25, -0.2) is 41.7 Å². The number of aryl methyl sites for hydroxylation is 1. The van der Waals surface area contributed by atoms with Crippen LogP contribution in [0.1, 0.15) is 46.5 Å². The number of nitrogens with zero attached hydrogens (tertiary/aromatic N) is 4. The number of imidazole rings is 1. The van der Waals surface area contributed by atoms with Crippen LogP contribution in [0, 0.1) is 18.6 Å². The van der Waals surface area contributed by atoms with Crippen LogP contribution in [-0.4, -0.2) is 65.9 Å². The van der Waals surface area contributed by atoms with E-state index in [1.165, 1.54) is 30.3 Å². The summed E-state index contributed by atoms with van der Waals surface area (Å²) in [4.78, 5) is 24.2. The number of rotatable bonds is 12. The van der Waals surface area contributed by atoms with Crippen molar-refractivity contribution in [2.75, 3.05) is 31.6 Å². The molecule has 0 saturated heterocycles. The molecule has 0 unspecified atom stereocenters. The third-order valence-corrected chi connectivity index (χ3v) is 7.81. The maximum atomic E-state index is 15.0. The Labute approximate surface area is 260 Å². The smallest absolute Gasteiger partial charge is 0.407 e. The minimum absolute atomic E-state index is 0.00670. The van der Waals surface area contributed by atoms with Crippen molar-refractivity contribution in [1.82, 2.24) is 29.6 Å². The predicted octanol–water partition coefficient (Wildman–Crippen LogP) is 5.22. The summed E-state index contributed by atoms with van der Waals surface area (Å²) in [5, 5.41) is 5.47. The molecule has 4 rings (SSSR count). The minimum Gasteiger partial charge on any atom is -0.444 e. The van der Waals surface area contributed by atoms with Crippen molar-refractivity contribution in [2.24, 2.45) is 0 Å². The van der Waals surface area contributed by atoms with Crippen molar-refractivity contribution < 1.29 is 31.5 Å². The molecule has 2 aromatic heterocycles. The van der Waals surface area contributed by atoms with E-state index in [-0.39, 0.29) is 60.0 Å². The Hall–Kier alpha value is -4.21. The molecule has 0 spiro atoms. The molecular weight excluding hydrogens is 608 g/mol. The topological polar surface area (TPSA) is 149 Å². The standard InChI is InChI=1S/C30H37F2N7O5S/c1-18(2)39-19(3)36-27-23(31)15-20(16-25(27)39)26-24(32)17-34-28(38-26)37-21-7-9-22(10-8-21)45(41,42)35-12-14-43-13-11-33-29(40)44-30(4,5)6/h7-10,15-18,35H,11-14H2,1-6H3,(H,33,40)(H,34,37,38). The fraction of sp³-hybridized carbons (Fsp3) is 0.400. The summed E-state index contributed by atoms with van der Waals surface area (Å²) in [7, 11) is -3.83. The molecule has 2 aromatic carbocycles. The lowest BCUT2D eigenvalue weighted by Gasteiger charge is -2.19. The van der Waals surface area contributed by atoms with Crippen LogP contribution in [0.15, 0.2) is 47.5 Å². The number of amides is 1. The Morgan fingerprint density at radius 2 is 1.71 bits per heavy atom. The Kier molecular flexibility index (Phi) is 10.4. The predicted molar refractivity (Wildman–Crippen MR) is 166 cm³/mol. The number of ether oxygens (including phenoxy) is 2. The lowest BCUT2D eigenvalue weighted by molar-refractivity contribution is 0.0501. The van der Waals surface area contributed by atoms with Crippen molar-refractivity contribution in [3.63, 3.8) is 0 Å². The van der Waals surface area contributed by atoms with Crippen LogP contribution >= 0.6 is 0 Å². The summed E-state index contributed by atoms with van der Waals surface area (Å²) in [5.41, 5.74) is 0.683. The lowest BCUT2D eigenvalue weighted by Crippen LogP contribution is -2.34. The van der Waals surface area contributed by atoms with Gasteiger partial charge in [-0.15, -0.1) is 0 Å². The largest absolute Gasteiger partial charge is 0.444 e. The highest BCUT2D eigenvalue weighted by atomic mass is 32.2. The Morgan fingerprint density at radius 1 is 1.02 bits per heavy atom. The highest BCUT2D eigenvalue weighted by molar-refractivity contribution is 7.89. The number of carbonyl (C=O) groups is 1. The van der Waals surface area contributed by atoms with E-state index in [1.807, 2.05) is 18.4 Å². The average molecular weight is 646 g/mol. The number of sulfonamides is 1. The normalized spacial score (nSPS) is 12.1. The van der Waals surface area contributed by atoms with Gasteiger partial charge in [0.15, 0.2) is 11.6 Å². The number of aromatic nitrogens is 4. The van der Waals surface area contributed by atoms with Gasteiger partial charge in [0.1, 0.15) is 22.6 Å². The number of hydrogen-bond donors (Lipinski definition) is 3. The van der Waals surface area contributed by atoms with E-state index in [0.717, 1.165) is 6.20 Å². The first-order valence-corrected chi connectivity index (χ1v) is 15.8. The van der Waals surface area contributed by atoms with Gasteiger partial charge in [-0.2, -0.15) is 0 Å². The highest BCUT2D eigenvalue weighted by Crippen LogP contribution is 2.30. The Bertz CT molecular complexity index is 1770. The van der Waals surface area contributed by atoms with Gasteiger partial charge in [0, 0.05) is 30.4 Å². The molecule has 0 atom stereocenters. The third-order valence-electron chi connectivity index (χ3n) is 6.33. The van der Waals surface area contributed by atoms with E-state index in [0.29, 0.717) is 17.0 Å². The second kappa shape index (κ2) is 13.8. The first-order chi connectivity index (χ1) is 21.1. The summed E-state index contributed by atoms with van der Waals surface area (Å²) in [6.45, 7) is 11.5. The van der Waals surface area contributed by atoms with Crippen LogP contribution in [0.25, 0.3) is 22.3 Å². The van der Waals surface area contributed by atoms with E-state index in [9.17, 15) is 22.0 Å². The van der Waals surface area contributed by atoms with Crippen molar-refractivity contribution in [2.45, 2.75) is 58.1 Å². The molecule has 242 valence electrons.